The molecular formula is C21H24ClF3N2O4S. The molecule has 0 saturated carbocycles. The lowest BCUT2D eigenvalue weighted by atomic mass is 10.1. The molecule has 2 rings (SSSR count). The van der Waals surface area contributed by atoms with Crippen molar-refractivity contribution in [2.45, 2.75) is 25.9 Å². The fourth-order valence-electron chi connectivity index (χ4n) is 2.91. The number of rotatable bonds is 10. The molecule has 1 N–H and O–H groups in total. The lowest BCUT2D eigenvalue weighted by molar-refractivity contribution is -0.137. The van der Waals surface area contributed by atoms with Crippen LogP contribution >= 0.6 is 11.6 Å². The Morgan fingerprint density at radius 1 is 1.16 bits per heavy atom. The van der Waals surface area contributed by atoms with Gasteiger partial charge in [0, 0.05) is 6.54 Å². The Bertz CT molecular complexity index is 1030. The van der Waals surface area contributed by atoms with Crippen molar-refractivity contribution in [1.82, 2.24) is 5.32 Å². The minimum atomic E-state index is -4.76. The molecule has 0 fully saturated rings. The highest BCUT2D eigenvalue weighted by Crippen LogP contribution is 2.37. The number of nitrogens with zero attached hydrogens (tertiary/aromatic N) is 1. The first kappa shape index (κ1) is 25.8. The molecule has 0 radical (unpaired) electrons. The van der Waals surface area contributed by atoms with E-state index in [0.717, 1.165) is 29.7 Å². The van der Waals surface area contributed by atoms with Gasteiger partial charge in [-0.3, -0.25) is 9.10 Å². The van der Waals surface area contributed by atoms with E-state index in [0.29, 0.717) is 29.8 Å². The molecule has 0 aliphatic carbocycles. The van der Waals surface area contributed by atoms with E-state index in [1.807, 2.05) is 31.2 Å². The summed E-state index contributed by atoms with van der Waals surface area (Å²) in [5, 5.41) is 2.03. The number of ether oxygens (including phenoxy) is 1. The van der Waals surface area contributed by atoms with Crippen molar-refractivity contribution in [2.24, 2.45) is 0 Å². The zero-order chi connectivity index (χ0) is 23.9. The predicted molar refractivity (Wildman–Crippen MR) is 118 cm³/mol. The quantitative estimate of drug-likeness (QED) is 0.502. The lowest BCUT2D eigenvalue weighted by Gasteiger charge is -2.23. The Morgan fingerprint density at radius 2 is 1.81 bits per heavy atom. The second-order valence-corrected chi connectivity index (χ2v) is 9.28. The molecule has 2 aromatic carbocycles. The van der Waals surface area contributed by atoms with Gasteiger partial charge in [-0.05, 0) is 55.7 Å². The van der Waals surface area contributed by atoms with E-state index >= 15 is 0 Å². The standard InChI is InChI=1S/C21H24ClF3N2O4S/c1-3-31-17-9-6-15(7-10-17)5-4-12-26-20(28)14-27(32(2,29)30)16-8-11-19(22)18(13-16)21(23,24)25/h6-11,13H,3-5,12,14H2,1-2H3,(H,26,28). The number of nitrogens with one attached hydrogen (secondary N) is 1. The average molecular weight is 493 g/mol. The molecule has 0 unspecified atom stereocenters. The van der Waals surface area contributed by atoms with Crippen LogP contribution in [0.3, 0.4) is 0 Å². The summed E-state index contributed by atoms with van der Waals surface area (Å²) in [5.74, 6) is 0.131. The summed E-state index contributed by atoms with van der Waals surface area (Å²) < 4.78 is 69.6. The maximum Gasteiger partial charge on any atom is 0.417 e. The summed E-state index contributed by atoms with van der Waals surface area (Å²) in [6.45, 7) is 2.09. The van der Waals surface area contributed by atoms with Crippen molar-refractivity contribution in [1.29, 1.82) is 0 Å². The molecule has 1 amide bonds. The first-order valence-electron chi connectivity index (χ1n) is 9.74. The molecule has 0 aliphatic heterocycles. The summed E-state index contributed by atoms with van der Waals surface area (Å²) in [5.41, 5.74) is -0.434. The first-order chi connectivity index (χ1) is 14.9. The zero-order valence-corrected chi connectivity index (χ0v) is 19.1. The molecular weight excluding hydrogens is 469 g/mol. The fourth-order valence-corrected chi connectivity index (χ4v) is 3.98. The van der Waals surface area contributed by atoms with Crippen LogP contribution in [0.1, 0.15) is 24.5 Å². The number of carbonyl (C=O) groups excluding carboxylic acids is 1. The molecule has 2 aromatic rings. The third-order valence-electron chi connectivity index (χ3n) is 4.43. The van der Waals surface area contributed by atoms with Gasteiger partial charge in [0.2, 0.25) is 15.9 Å². The van der Waals surface area contributed by atoms with Crippen LogP contribution in [0.5, 0.6) is 5.75 Å². The van der Waals surface area contributed by atoms with E-state index in [4.69, 9.17) is 16.3 Å². The molecule has 32 heavy (non-hydrogen) atoms. The van der Waals surface area contributed by atoms with E-state index < -0.39 is 39.2 Å². The summed E-state index contributed by atoms with van der Waals surface area (Å²) in [6, 6.07) is 10.2. The van der Waals surface area contributed by atoms with Crippen LogP contribution in [0.15, 0.2) is 42.5 Å². The van der Waals surface area contributed by atoms with Gasteiger partial charge < -0.3 is 10.1 Å². The van der Waals surface area contributed by atoms with E-state index in [9.17, 15) is 26.4 Å². The van der Waals surface area contributed by atoms with Crippen LogP contribution < -0.4 is 14.4 Å². The number of hydrogen-bond donors (Lipinski definition) is 1. The Kier molecular flexibility index (Phi) is 8.80. The van der Waals surface area contributed by atoms with Crippen molar-refractivity contribution in [3.05, 3.63) is 58.6 Å². The Morgan fingerprint density at radius 3 is 2.38 bits per heavy atom. The third kappa shape index (κ3) is 7.59. The van der Waals surface area contributed by atoms with Crippen LogP contribution in [0.2, 0.25) is 5.02 Å². The summed E-state index contributed by atoms with van der Waals surface area (Å²) >= 11 is 5.59. The van der Waals surface area contributed by atoms with Crippen LogP contribution in [-0.4, -0.2) is 40.3 Å². The maximum atomic E-state index is 13.1. The van der Waals surface area contributed by atoms with Crippen molar-refractivity contribution in [3.8, 4) is 5.75 Å². The van der Waals surface area contributed by atoms with E-state index in [1.54, 1.807) is 0 Å². The Balaban J connectivity index is 1.98. The van der Waals surface area contributed by atoms with Gasteiger partial charge in [-0.1, -0.05) is 23.7 Å². The van der Waals surface area contributed by atoms with Crippen molar-refractivity contribution < 1.29 is 31.1 Å². The van der Waals surface area contributed by atoms with Gasteiger partial charge in [0.15, 0.2) is 0 Å². The number of sulfonamides is 1. The molecule has 0 heterocycles. The number of anilines is 1. The zero-order valence-electron chi connectivity index (χ0n) is 17.6. The monoisotopic (exact) mass is 492 g/mol. The van der Waals surface area contributed by atoms with Crippen molar-refractivity contribution in [3.63, 3.8) is 0 Å². The molecule has 6 nitrogen and oxygen atoms in total. The van der Waals surface area contributed by atoms with Gasteiger partial charge in [-0.25, -0.2) is 8.42 Å². The number of aryl methyl sites for hydroxylation is 1. The molecule has 176 valence electrons. The molecule has 0 bridgehead atoms. The maximum absolute atomic E-state index is 13.1. The minimum absolute atomic E-state index is 0.276. The summed E-state index contributed by atoms with van der Waals surface area (Å²) in [7, 11) is -4.02. The topological polar surface area (TPSA) is 75.7 Å². The molecule has 0 aliphatic rings. The van der Waals surface area contributed by atoms with Crippen LogP contribution in [0.25, 0.3) is 0 Å². The van der Waals surface area contributed by atoms with Gasteiger partial charge in [0.25, 0.3) is 0 Å². The van der Waals surface area contributed by atoms with Crippen LogP contribution in [0, 0.1) is 0 Å². The Labute approximate surface area is 190 Å². The number of halogens is 4. The number of benzene rings is 2. The third-order valence-corrected chi connectivity index (χ3v) is 5.90. The molecule has 0 atom stereocenters. The van der Waals surface area contributed by atoms with Crippen molar-refractivity contribution in [2.75, 3.05) is 30.3 Å². The van der Waals surface area contributed by atoms with Gasteiger partial charge in [0.05, 0.1) is 29.1 Å². The lowest BCUT2D eigenvalue weighted by Crippen LogP contribution is -2.40. The fraction of sp³-hybridized carbons (Fsp3) is 0.381. The highest BCUT2D eigenvalue weighted by atomic mass is 35.5. The van der Waals surface area contributed by atoms with Crippen LogP contribution in [-0.2, 0) is 27.4 Å². The number of alkyl halides is 3. The van der Waals surface area contributed by atoms with Gasteiger partial charge in [-0.15, -0.1) is 0 Å². The van der Waals surface area contributed by atoms with E-state index in [2.05, 4.69) is 5.32 Å². The van der Waals surface area contributed by atoms with Crippen LogP contribution in [0.4, 0.5) is 18.9 Å². The van der Waals surface area contributed by atoms with Gasteiger partial charge >= 0.3 is 6.18 Å². The summed E-state index contributed by atoms with van der Waals surface area (Å²) in [6.07, 6.45) is -2.68. The predicted octanol–water partition coefficient (Wildman–Crippen LogP) is 4.27. The Hall–Kier alpha value is -2.46. The second kappa shape index (κ2) is 10.9. The highest BCUT2D eigenvalue weighted by molar-refractivity contribution is 7.92. The molecule has 0 saturated heterocycles. The largest absolute Gasteiger partial charge is 0.494 e. The smallest absolute Gasteiger partial charge is 0.417 e. The average Bonchev–Trinajstić information content (AvgIpc) is 2.70. The number of hydrogen-bond acceptors (Lipinski definition) is 4. The SMILES string of the molecule is CCOc1ccc(CCCNC(=O)CN(c2ccc(Cl)c(C(F)(F)F)c2)S(C)(=O)=O)cc1. The number of amides is 1. The van der Waals surface area contributed by atoms with Gasteiger partial charge in [-0.2, -0.15) is 13.2 Å². The first-order valence-corrected chi connectivity index (χ1v) is 12.0. The molecule has 0 aromatic heterocycles. The highest BCUT2D eigenvalue weighted by Gasteiger charge is 2.34. The van der Waals surface area contributed by atoms with E-state index in [-0.39, 0.29) is 12.2 Å². The second-order valence-electron chi connectivity index (χ2n) is 6.96. The summed E-state index contributed by atoms with van der Waals surface area (Å²) in [4.78, 5) is 12.3. The molecule has 11 heteroatoms. The minimum Gasteiger partial charge on any atom is -0.494 e. The number of carbonyl (C=O) groups is 1. The normalized spacial score (nSPS) is 11.8. The van der Waals surface area contributed by atoms with E-state index in [1.165, 1.54) is 0 Å². The van der Waals surface area contributed by atoms with Gasteiger partial charge in [0.1, 0.15) is 12.3 Å². The van der Waals surface area contributed by atoms with Crippen molar-refractivity contribution >= 4 is 33.2 Å². The molecule has 0 spiro atoms.